The highest BCUT2D eigenvalue weighted by Crippen LogP contribution is 2.29. The molecule has 3 rings (SSSR count). The minimum absolute atomic E-state index is 0.538. The van der Waals surface area contributed by atoms with Crippen molar-refractivity contribution in [2.75, 3.05) is 32.9 Å². The van der Waals surface area contributed by atoms with Gasteiger partial charge in [-0.2, -0.15) is 0 Å². The number of nitrogens with zero attached hydrogens (tertiary/aromatic N) is 1. The maximum Gasteiger partial charge on any atom is 0.132 e. The molecule has 0 aromatic heterocycles. The maximum absolute atomic E-state index is 5.93. The molecule has 0 radical (unpaired) electrons. The summed E-state index contributed by atoms with van der Waals surface area (Å²) in [4.78, 5) is 4.52. The molecule has 1 aliphatic rings. The molecule has 0 aliphatic carbocycles. The number of aliphatic imine (C=N–C) groups is 1. The molecule has 0 bridgehead atoms. The van der Waals surface area contributed by atoms with Gasteiger partial charge in [0.2, 0.25) is 0 Å². The van der Waals surface area contributed by atoms with Crippen LogP contribution in [0.15, 0.2) is 39.8 Å². The van der Waals surface area contributed by atoms with Crippen LogP contribution in [0.5, 0.6) is 5.75 Å². The van der Waals surface area contributed by atoms with E-state index in [0.717, 1.165) is 45.5 Å². The number of nitrogens with one attached hydrogen (secondary N) is 1. The Hall–Kier alpha value is -1.59. The van der Waals surface area contributed by atoms with Gasteiger partial charge < -0.3 is 14.8 Å². The second-order valence-electron chi connectivity index (χ2n) is 5.04. The summed E-state index contributed by atoms with van der Waals surface area (Å²) in [6.45, 7) is 5.51. The number of rotatable bonds is 6. The second kappa shape index (κ2) is 7.11. The quantitative estimate of drug-likeness (QED) is 0.801. The number of halogens is 1. The van der Waals surface area contributed by atoms with E-state index in [1.807, 2.05) is 13.0 Å². The molecule has 5 heteroatoms. The minimum Gasteiger partial charge on any atom is -0.490 e. The lowest BCUT2D eigenvalue weighted by atomic mass is 10.1. The van der Waals surface area contributed by atoms with Crippen LogP contribution in [0.1, 0.15) is 12.5 Å². The molecule has 22 heavy (non-hydrogen) atoms. The number of amidine groups is 1. The molecule has 0 spiro atoms. The smallest absolute Gasteiger partial charge is 0.132 e. The van der Waals surface area contributed by atoms with Gasteiger partial charge in [0, 0.05) is 17.6 Å². The van der Waals surface area contributed by atoms with E-state index in [0.29, 0.717) is 19.8 Å². The highest BCUT2D eigenvalue weighted by atomic mass is 79.9. The molecule has 0 saturated heterocycles. The van der Waals surface area contributed by atoms with Crippen LogP contribution in [0, 0.1) is 0 Å². The zero-order valence-electron chi connectivity index (χ0n) is 12.6. The van der Waals surface area contributed by atoms with Gasteiger partial charge in [0.25, 0.3) is 0 Å². The number of fused-ring (bicyclic) bond motifs is 1. The Morgan fingerprint density at radius 1 is 1.18 bits per heavy atom. The summed E-state index contributed by atoms with van der Waals surface area (Å²) in [6.07, 6.45) is 0. The van der Waals surface area contributed by atoms with E-state index in [2.05, 4.69) is 50.5 Å². The van der Waals surface area contributed by atoms with Crippen molar-refractivity contribution in [2.45, 2.75) is 6.92 Å². The van der Waals surface area contributed by atoms with Crippen LogP contribution in [0.3, 0.4) is 0 Å². The Morgan fingerprint density at radius 2 is 2.09 bits per heavy atom. The Morgan fingerprint density at radius 3 is 2.86 bits per heavy atom. The third-order valence-electron chi connectivity index (χ3n) is 3.52. The van der Waals surface area contributed by atoms with Crippen molar-refractivity contribution >= 4 is 32.5 Å². The first-order valence-corrected chi connectivity index (χ1v) is 8.30. The fourth-order valence-electron chi connectivity index (χ4n) is 2.49. The first-order chi connectivity index (χ1) is 10.8. The van der Waals surface area contributed by atoms with Gasteiger partial charge in [-0.25, -0.2) is 0 Å². The third-order valence-corrected chi connectivity index (χ3v) is 4.01. The van der Waals surface area contributed by atoms with E-state index in [4.69, 9.17) is 9.47 Å². The SMILES string of the molecule is CCOCCOc1cc2ccc(Br)cc2cc1C1=NCCN1. The lowest BCUT2D eigenvalue weighted by molar-refractivity contribution is 0.110. The molecule has 0 atom stereocenters. The van der Waals surface area contributed by atoms with Crippen molar-refractivity contribution in [1.29, 1.82) is 0 Å². The maximum atomic E-state index is 5.93. The largest absolute Gasteiger partial charge is 0.490 e. The van der Waals surface area contributed by atoms with Gasteiger partial charge in [0.1, 0.15) is 18.2 Å². The average molecular weight is 363 g/mol. The molecule has 2 aromatic carbocycles. The predicted molar refractivity (Wildman–Crippen MR) is 93.0 cm³/mol. The molecular formula is C17H19BrN2O2. The van der Waals surface area contributed by atoms with Crippen LogP contribution < -0.4 is 10.1 Å². The van der Waals surface area contributed by atoms with Crippen LogP contribution in [-0.2, 0) is 4.74 Å². The fourth-order valence-corrected chi connectivity index (χ4v) is 2.86. The zero-order valence-corrected chi connectivity index (χ0v) is 14.1. The van der Waals surface area contributed by atoms with Gasteiger partial charge in [-0.05, 0) is 42.0 Å². The molecule has 0 unspecified atom stereocenters. The normalized spacial score (nSPS) is 14.0. The molecule has 0 saturated carbocycles. The molecular weight excluding hydrogens is 344 g/mol. The van der Waals surface area contributed by atoms with Crippen LogP contribution in [0.2, 0.25) is 0 Å². The van der Waals surface area contributed by atoms with E-state index in [1.54, 1.807) is 0 Å². The van der Waals surface area contributed by atoms with Crippen molar-refractivity contribution in [1.82, 2.24) is 5.32 Å². The van der Waals surface area contributed by atoms with Crippen LogP contribution in [0.4, 0.5) is 0 Å². The van der Waals surface area contributed by atoms with Crippen molar-refractivity contribution < 1.29 is 9.47 Å². The Bertz CT molecular complexity index is 700. The van der Waals surface area contributed by atoms with Crippen LogP contribution >= 0.6 is 15.9 Å². The van der Waals surface area contributed by atoms with Crippen molar-refractivity contribution in [3.63, 3.8) is 0 Å². The topological polar surface area (TPSA) is 42.9 Å². The Balaban J connectivity index is 1.95. The first kappa shape index (κ1) is 15.3. The monoisotopic (exact) mass is 362 g/mol. The summed E-state index contributed by atoms with van der Waals surface area (Å²) in [6, 6.07) is 10.4. The van der Waals surface area contributed by atoms with Gasteiger partial charge in [-0.15, -0.1) is 0 Å². The van der Waals surface area contributed by atoms with Gasteiger partial charge in [-0.3, -0.25) is 4.99 Å². The van der Waals surface area contributed by atoms with Gasteiger partial charge in [0.05, 0.1) is 18.7 Å². The lowest BCUT2D eigenvalue weighted by Crippen LogP contribution is -2.20. The third kappa shape index (κ3) is 3.42. The molecule has 1 N–H and O–H groups in total. The van der Waals surface area contributed by atoms with E-state index in [-0.39, 0.29) is 0 Å². The summed E-state index contributed by atoms with van der Waals surface area (Å²) in [7, 11) is 0. The number of hydrogen-bond acceptors (Lipinski definition) is 4. The van der Waals surface area contributed by atoms with Crippen LogP contribution in [0.25, 0.3) is 10.8 Å². The molecule has 0 fully saturated rings. The molecule has 4 nitrogen and oxygen atoms in total. The van der Waals surface area contributed by atoms with E-state index in [1.165, 1.54) is 0 Å². The first-order valence-electron chi connectivity index (χ1n) is 7.50. The lowest BCUT2D eigenvalue weighted by Gasteiger charge is -2.14. The Labute approximate surface area is 138 Å². The number of hydrogen-bond donors (Lipinski definition) is 1. The second-order valence-corrected chi connectivity index (χ2v) is 5.96. The molecule has 0 amide bonds. The Kier molecular flexibility index (Phi) is 4.95. The summed E-state index contributed by atoms with van der Waals surface area (Å²) >= 11 is 3.52. The minimum atomic E-state index is 0.538. The number of ether oxygens (including phenoxy) is 2. The van der Waals surface area contributed by atoms with E-state index >= 15 is 0 Å². The fraction of sp³-hybridized carbons (Fsp3) is 0.353. The van der Waals surface area contributed by atoms with Crippen molar-refractivity contribution in [3.8, 4) is 5.75 Å². The van der Waals surface area contributed by atoms with Gasteiger partial charge in [-0.1, -0.05) is 22.0 Å². The van der Waals surface area contributed by atoms with Crippen molar-refractivity contribution in [2.24, 2.45) is 4.99 Å². The average Bonchev–Trinajstić information content (AvgIpc) is 3.05. The van der Waals surface area contributed by atoms with E-state index < -0.39 is 0 Å². The van der Waals surface area contributed by atoms with Gasteiger partial charge in [0.15, 0.2) is 0 Å². The van der Waals surface area contributed by atoms with E-state index in [9.17, 15) is 0 Å². The van der Waals surface area contributed by atoms with Crippen molar-refractivity contribution in [3.05, 3.63) is 40.4 Å². The predicted octanol–water partition coefficient (Wildman–Crippen LogP) is 3.37. The molecule has 1 aliphatic heterocycles. The highest BCUT2D eigenvalue weighted by molar-refractivity contribution is 9.10. The van der Waals surface area contributed by atoms with Crippen LogP contribution in [-0.4, -0.2) is 38.7 Å². The summed E-state index contributed by atoms with van der Waals surface area (Å²) < 4.78 is 12.3. The summed E-state index contributed by atoms with van der Waals surface area (Å²) in [5, 5.41) is 5.64. The standard InChI is InChI=1S/C17H19BrN2O2/c1-2-21-7-8-22-16-11-12-3-4-14(18)9-13(12)10-15(16)17-19-5-6-20-17/h3-4,9-11H,2,5-8H2,1H3,(H,19,20). The molecule has 1 heterocycles. The highest BCUT2D eigenvalue weighted by Gasteiger charge is 2.15. The van der Waals surface area contributed by atoms with Gasteiger partial charge >= 0.3 is 0 Å². The summed E-state index contributed by atoms with van der Waals surface area (Å²) in [5.74, 6) is 1.76. The number of benzene rings is 2. The summed E-state index contributed by atoms with van der Waals surface area (Å²) in [5.41, 5.74) is 1.01. The molecule has 116 valence electrons. The zero-order chi connectivity index (χ0) is 15.4. The molecule has 2 aromatic rings.